The van der Waals surface area contributed by atoms with Crippen molar-refractivity contribution >= 4 is 18.0 Å². The predicted molar refractivity (Wildman–Crippen MR) is 122 cm³/mol. The lowest BCUT2D eigenvalue weighted by Crippen LogP contribution is -2.61. The molecule has 2 saturated carbocycles. The SMILES string of the molecule is O=C(NC1CCCC1C(=O)NC1(C(=O)O)CCC1)OCC1c2ccccc2-c2ccccc21. The van der Waals surface area contributed by atoms with Gasteiger partial charge in [-0.2, -0.15) is 0 Å². The van der Waals surface area contributed by atoms with E-state index in [4.69, 9.17) is 4.74 Å². The van der Waals surface area contributed by atoms with Crippen LogP contribution in [0.1, 0.15) is 55.6 Å². The van der Waals surface area contributed by atoms with E-state index in [0.29, 0.717) is 25.7 Å². The Morgan fingerprint density at radius 2 is 1.58 bits per heavy atom. The zero-order chi connectivity index (χ0) is 23.0. The molecule has 0 saturated heterocycles. The molecule has 172 valence electrons. The zero-order valence-electron chi connectivity index (χ0n) is 18.4. The molecular formula is C26H28N2O5. The first kappa shape index (κ1) is 21.5. The molecule has 7 heteroatoms. The predicted octanol–water partition coefficient (Wildman–Crippen LogP) is 3.82. The number of nitrogens with one attached hydrogen (secondary N) is 2. The van der Waals surface area contributed by atoms with Gasteiger partial charge in [0.2, 0.25) is 5.91 Å². The molecule has 0 aliphatic heterocycles. The standard InChI is InChI=1S/C26H28N2O5/c29-23(28-26(24(30)31)13-6-14-26)20-11-5-12-22(20)27-25(32)33-15-21-18-9-3-1-7-16(18)17-8-2-4-10-19(17)21/h1-4,7-10,20-22H,5-6,11-15H2,(H,27,32)(H,28,29)(H,30,31). The molecule has 0 heterocycles. The number of carboxylic acids is 1. The fourth-order valence-electron chi connectivity index (χ4n) is 5.49. The zero-order valence-corrected chi connectivity index (χ0v) is 18.4. The van der Waals surface area contributed by atoms with Gasteiger partial charge in [-0.3, -0.25) is 4.79 Å². The first-order valence-corrected chi connectivity index (χ1v) is 11.7. The molecule has 3 aliphatic carbocycles. The van der Waals surface area contributed by atoms with Crippen LogP contribution in [-0.2, 0) is 14.3 Å². The number of hydrogen-bond donors (Lipinski definition) is 3. The number of amides is 2. The van der Waals surface area contributed by atoms with Crippen LogP contribution in [0.5, 0.6) is 0 Å². The normalized spacial score (nSPS) is 22.5. The van der Waals surface area contributed by atoms with Crippen LogP contribution in [-0.4, -0.2) is 41.3 Å². The van der Waals surface area contributed by atoms with Gasteiger partial charge in [0.25, 0.3) is 0 Å². The summed E-state index contributed by atoms with van der Waals surface area (Å²) < 4.78 is 5.63. The summed E-state index contributed by atoms with van der Waals surface area (Å²) in [7, 11) is 0. The van der Waals surface area contributed by atoms with E-state index in [-0.39, 0.29) is 24.5 Å². The summed E-state index contributed by atoms with van der Waals surface area (Å²) in [6.45, 7) is 0.214. The minimum Gasteiger partial charge on any atom is -0.480 e. The van der Waals surface area contributed by atoms with E-state index in [0.717, 1.165) is 35.1 Å². The topological polar surface area (TPSA) is 105 Å². The first-order valence-electron chi connectivity index (χ1n) is 11.7. The van der Waals surface area contributed by atoms with Gasteiger partial charge in [0, 0.05) is 12.0 Å². The fraction of sp³-hybridized carbons (Fsp3) is 0.423. The molecule has 7 nitrogen and oxygen atoms in total. The van der Waals surface area contributed by atoms with E-state index in [9.17, 15) is 19.5 Å². The number of carbonyl (C=O) groups excluding carboxylic acids is 2. The van der Waals surface area contributed by atoms with Crippen molar-refractivity contribution in [3.05, 3.63) is 59.7 Å². The molecule has 0 bridgehead atoms. The molecule has 2 aromatic rings. The molecule has 2 aromatic carbocycles. The van der Waals surface area contributed by atoms with Crippen molar-refractivity contribution in [1.29, 1.82) is 0 Å². The monoisotopic (exact) mass is 448 g/mol. The Morgan fingerprint density at radius 1 is 0.939 bits per heavy atom. The minimum atomic E-state index is -1.14. The maximum absolute atomic E-state index is 12.8. The van der Waals surface area contributed by atoms with E-state index in [2.05, 4.69) is 34.9 Å². The number of fused-ring (bicyclic) bond motifs is 3. The van der Waals surface area contributed by atoms with Gasteiger partial charge in [0.15, 0.2) is 0 Å². The number of hydrogen-bond acceptors (Lipinski definition) is 4. The quantitative estimate of drug-likeness (QED) is 0.623. The Kier molecular flexibility index (Phi) is 5.56. The molecule has 2 unspecified atom stereocenters. The molecule has 0 radical (unpaired) electrons. The molecule has 0 spiro atoms. The second-order valence-corrected chi connectivity index (χ2v) is 9.34. The van der Waals surface area contributed by atoms with Crippen molar-refractivity contribution in [1.82, 2.24) is 10.6 Å². The van der Waals surface area contributed by atoms with Gasteiger partial charge in [-0.15, -0.1) is 0 Å². The Balaban J connectivity index is 1.21. The fourth-order valence-corrected chi connectivity index (χ4v) is 5.49. The van der Waals surface area contributed by atoms with Gasteiger partial charge in [-0.25, -0.2) is 9.59 Å². The van der Waals surface area contributed by atoms with Gasteiger partial charge in [-0.05, 0) is 54.4 Å². The average Bonchev–Trinajstić information content (AvgIpc) is 3.37. The lowest BCUT2D eigenvalue weighted by molar-refractivity contribution is -0.152. The van der Waals surface area contributed by atoms with Crippen LogP contribution in [0.25, 0.3) is 11.1 Å². The lowest BCUT2D eigenvalue weighted by atomic mass is 9.76. The van der Waals surface area contributed by atoms with Crippen LogP contribution in [0.4, 0.5) is 4.79 Å². The third kappa shape index (κ3) is 3.86. The molecule has 33 heavy (non-hydrogen) atoms. The number of carbonyl (C=O) groups is 3. The third-order valence-corrected chi connectivity index (χ3v) is 7.48. The molecule has 5 rings (SSSR count). The number of carboxylic acid groups (broad SMARTS) is 1. The van der Waals surface area contributed by atoms with Gasteiger partial charge in [0.05, 0.1) is 5.92 Å². The summed E-state index contributed by atoms with van der Waals surface area (Å²) in [5, 5.41) is 15.1. The molecule has 2 fully saturated rings. The molecule has 3 aliphatic rings. The highest BCUT2D eigenvalue weighted by Gasteiger charge is 2.47. The van der Waals surface area contributed by atoms with E-state index in [1.807, 2.05) is 24.3 Å². The Bertz CT molecular complexity index is 1050. The highest BCUT2D eigenvalue weighted by molar-refractivity contribution is 5.89. The molecular weight excluding hydrogens is 420 g/mol. The van der Waals surface area contributed by atoms with Crippen LogP contribution in [0.2, 0.25) is 0 Å². The number of aliphatic carboxylic acids is 1. The number of rotatable bonds is 6. The Hall–Kier alpha value is -3.35. The lowest BCUT2D eigenvalue weighted by Gasteiger charge is -2.39. The molecule has 2 amide bonds. The second-order valence-electron chi connectivity index (χ2n) is 9.34. The average molecular weight is 449 g/mol. The van der Waals surface area contributed by atoms with Crippen LogP contribution in [0, 0.1) is 5.92 Å². The van der Waals surface area contributed by atoms with Gasteiger partial charge in [0.1, 0.15) is 12.1 Å². The first-order chi connectivity index (χ1) is 16.0. The van der Waals surface area contributed by atoms with E-state index in [1.54, 1.807) is 0 Å². The van der Waals surface area contributed by atoms with Crippen molar-refractivity contribution in [3.8, 4) is 11.1 Å². The van der Waals surface area contributed by atoms with Gasteiger partial charge in [-0.1, -0.05) is 55.0 Å². The summed E-state index contributed by atoms with van der Waals surface area (Å²) >= 11 is 0. The number of alkyl carbamates (subject to hydrolysis) is 1. The molecule has 3 N–H and O–H groups in total. The summed E-state index contributed by atoms with van der Waals surface area (Å²) in [6, 6.07) is 16.0. The highest BCUT2D eigenvalue weighted by Crippen LogP contribution is 2.44. The van der Waals surface area contributed by atoms with Crippen molar-refractivity contribution < 1.29 is 24.2 Å². The van der Waals surface area contributed by atoms with E-state index in [1.165, 1.54) is 0 Å². The van der Waals surface area contributed by atoms with E-state index >= 15 is 0 Å². The van der Waals surface area contributed by atoms with Crippen LogP contribution < -0.4 is 10.6 Å². The van der Waals surface area contributed by atoms with E-state index < -0.39 is 23.5 Å². The molecule has 2 atom stereocenters. The third-order valence-electron chi connectivity index (χ3n) is 7.48. The van der Waals surface area contributed by atoms with Crippen LogP contribution in [0.15, 0.2) is 48.5 Å². The van der Waals surface area contributed by atoms with Gasteiger partial charge >= 0.3 is 12.1 Å². The smallest absolute Gasteiger partial charge is 0.407 e. The minimum absolute atomic E-state index is 0.0279. The number of benzene rings is 2. The van der Waals surface area contributed by atoms with Gasteiger partial charge < -0.3 is 20.5 Å². The van der Waals surface area contributed by atoms with Crippen molar-refractivity contribution in [3.63, 3.8) is 0 Å². The maximum Gasteiger partial charge on any atom is 0.407 e. The van der Waals surface area contributed by atoms with Crippen molar-refractivity contribution in [2.24, 2.45) is 5.92 Å². The summed E-state index contributed by atoms with van der Waals surface area (Å²) in [6.07, 6.45) is 3.23. The van der Waals surface area contributed by atoms with Crippen LogP contribution >= 0.6 is 0 Å². The Labute approximate surface area is 192 Å². The second kappa shape index (κ2) is 8.54. The number of ether oxygens (including phenoxy) is 1. The summed E-state index contributed by atoms with van der Waals surface area (Å²) in [4.78, 5) is 37.1. The largest absolute Gasteiger partial charge is 0.480 e. The summed E-state index contributed by atoms with van der Waals surface area (Å²) in [5.74, 6) is -1.75. The summed E-state index contributed by atoms with van der Waals surface area (Å²) in [5.41, 5.74) is 3.47. The maximum atomic E-state index is 12.8. The van der Waals surface area contributed by atoms with Crippen LogP contribution in [0.3, 0.4) is 0 Å². The Morgan fingerprint density at radius 3 is 2.15 bits per heavy atom. The highest BCUT2D eigenvalue weighted by atomic mass is 16.5. The van der Waals surface area contributed by atoms with Crippen molar-refractivity contribution in [2.45, 2.75) is 56.0 Å². The molecule has 0 aromatic heterocycles. The van der Waals surface area contributed by atoms with Crippen molar-refractivity contribution in [2.75, 3.05) is 6.61 Å².